The normalized spacial score (nSPS) is 17.4. The number of ether oxygens (including phenoxy) is 3. The largest absolute Gasteiger partial charge is 0.445 e. The number of methoxy groups -OCH3 is 2. The number of unbranched alkanes of at least 4 members (excludes halogenated alkanes) is 1. The van der Waals surface area contributed by atoms with Crippen LogP contribution in [0.15, 0.2) is 54.6 Å². The zero-order valence-corrected chi connectivity index (χ0v) is 38.4. The van der Waals surface area contributed by atoms with E-state index in [0.717, 1.165) is 24.0 Å². The highest BCUT2D eigenvalue weighted by Crippen LogP contribution is 2.30. The topological polar surface area (TPSA) is 173 Å². The van der Waals surface area contributed by atoms with Gasteiger partial charge in [0.2, 0.25) is 23.6 Å². The molecule has 1 heterocycles. The predicted octanol–water partition coefficient (Wildman–Crippen LogP) is 5.82. The maximum atomic E-state index is 14.3. The number of nitrogens with one attached hydrogen (secondary N) is 2. The molecule has 4 N–H and O–H groups in total. The number of likely N-dealkylation sites (tertiary alicyclic amines) is 1. The molecule has 1 saturated heterocycles. The second-order valence-electron chi connectivity index (χ2n) is 17.0. The molecule has 0 aliphatic carbocycles. The monoisotopic (exact) mass is 851 g/mol. The lowest BCUT2D eigenvalue weighted by atomic mass is 9.89. The molecule has 340 valence electrons. The fourth-order valence-corrected chi connectivity index (χ4v) is 8.47. The van der Waals surface area contributed by atoms with Crippen molar-refractivity contribution in [1.29, 1.82) is 0 Å². The summed E-state index contributed by atoms with van der Waals surface area (Å²) in [5.74, 6) is -1.90. The van der Waals surface area contributed by atoms with Crippen molar-refractivity contribution in [2.24, 2.45) is 17.8 Å². The van der Waals surface area contributed by atoms with Crippen LogP contribution >= 0.6 is 0 Å². The smallest absolute Gasteiger partial charge is 0.410 e. The number of anilines is 1. The maximum absolute atomic E-state index is 14.3. The number of hydrogen-bond donors (Lipinski definition) is 3. The van der Waals surface area contributed by atoms with Gasteiger partial charge in [-0.2, -0.15) is 0 Å². The van der Waals surface area contributed by atoms with E-state index >= 15 is 0 Å². The summed E-state index contributed by atoms with van der Waals surface area (Å²) in [6, 6.07) is 15.2. The van der Waals surface area contributed by atoms with Gasteiger partial charge in [0, 0.05) is 46.1 Å². The number of nitrogens with two attached hydrogens (primary N) is 1. The van der Waals surface area contributed by atoms with Crippen LogP contribution < -0.4 is 16.4 Å². The third-order valence-corrected chi connectivity index (χ3v) is 12.0. The van der Waals surface area contributed by atoms with Crippen LogP contribution in [0.1, 0.15) is 98.1 Å². The highest BCUT2D eigenvalue weighted by molar-refractivity contribution is 5.90. The third-order valence-electron chi connectivity index (χ3n) is 12.0. The van der Waals surface area contributed by atoms with E-state index in [1.165, 1.54) is 11.9 Å². The Morgan fingerprint density at radius 3 is 2.16 bits per heavy atom. The molecule has 2 aromatic carbocycles. The summed E-state index contributed by atoms with van der Waals surface area (Å²) in [7, 11) is 4.66. The van der Waals surface area contributed by atoms with Crippen molar-refractivity contribution in [3.63, 3.8) is 0 Å². The van der Waals surface area contributed by atoms with Gasteiger partial charge in [0.25, 0.3) is 0 Å². The summed E-state index contributed by atoms with van der Waals surface area (Å²) in [5, 5.41) is 5.95. The molecule has 61 heavy (non-hydrogen) atoms. The number of likely N-dealkylation sites (N-methyl/N-ethyl adjacent to an activating group) is 1. The number of amides is 5. The number of carbonyl (C=O) groups is 5. The first-order valence-corrected chi connectivity index (χ1v) is 22.1. The van der Waals surface area contributed by atoms with Crippen molar-refractivity contribution < 1.29 is 38.2 Å². The van der Waals surface area contributed by atoms with Gasteiger partial charge in [-0.05, 0) is 67.7 Å². The number of carbonyl (C=O) groups excluding carboxylic acids is 5. The van der Waals surface area contributed by atoms with Gasteiger partial charge in [0.05, 0.1) is 43.2 Å². The molecule has 0 spiro atoms. The highest BCUT2D eigenvalue weighted by atomic mass is 16.6. The lowest BCUT2D eigenvalue weighted by Crippen LogP contribution is -2.57. The van der Waals surface area contributed by atoms with E-state index in [4.69, 9.17) is 19.9 Å². The number of benzene rings is 2. The Balaban J connectivity index is 1.73. The minimum Gasteiger partial charge on any atom is -0.445 e. The van der Waals surface area contributed by atoms with Crippen molar-refractivity contribution >= 4 is 35.4 Å². The minimum absolute atomic E-state index is 0.0114. The SMILES string of the molecule is CCCCN(C(=O)CNC(=O)[C@H](C(C)C)N(C)C(=O)OCc1ccc(N)cc1)C([C@@H](C)CC)[C@@H](CC(=O)N1CCC[C@H]1[C@H](OC)[C@@H](C)C(=O)N[C@H](C)Cc1ccccc1)OC. The van der Waals surface area contributed by atoms with E-state index < -0.39 is 42.2 Å². The average Bonchev–Trinajstić information content (AvgIpc) is 3.73. The predicted molar refractivity (Wildman–Crippen MR) is 238 cm³/mol. The molecule has 0 saturated carbocycles. The number of hydrogen-bond acceptors (Lipinski definition) is 9. The molecule has 1 fully saturated rings. The fourth-order valence-electron chi connectivity index (χ4n) is 8.47. The standard InChI is InChI=1S/C47H74N6O8/c1-11-13-25-53(41(55)29-49-46(57)42(31(3)4)51(8)47(58)61-30-36-21-23-37(48)24-22-36)43(32(5)12-2)39(59-9)28-40(54)52-26-17-20-38(52)44(60-10)34(7)45(56)50-33(6)27-35-18-15-14-16-19-35/h14-16,18-19,21-24,31-34,38-39,42-44H,11-13,17,20,25-30,48H2,1-10H3,(H,49,57)(H,50,56)/t32-,33+,34+,38-,39+,42-,43?,44+/m0/s1. The molecule has 1 aliphatic rings. The van der Waals surface area contributed by atoms with Gasteiger partial charge >= 0.3 is 6.09 Å². The minimum atomic E-state index is -0.902. The molecule has 5 amide bonds. The van der Waals surface area contributed by atoms with Crippen LogP contribution in [0.2, 0.25) is 0 Å². The van der Waals surface area contributed by atoms with Crippen LogP contribution in [0.25, 0.3) is 0 Å². The average molecular weight is 851 g/mol. The Bertz CT molecular complexity index is 1680. The molecule has 2 aromatic rings. The zero-order valence-electron chi connectivity index (χ0n) is 38.4. The van der Waals surface area contributed by atoms with Crippen LogP contribution in [0.3, 0.4) is 0 Å². The first-order valence-electron chi connectivity index (χ1n) is 22.1. The van der Waals surface area contributed by atoms with Gasteiger partial charge in [-0.15, -0.1) is 0 Å². The molecule has 0 aromatic heterocycles. The third kappa shape index (κ3) is 14.7. The quantitative estimate of drug-likeness (QED) is 0.110. The summed E-state index contributed by atoms with van der Waals surface area (Å²) >= 11 is 0. The van der Waals surface area contributed by atoms with Gasteiger partial charge in [-0.3, -0.25) is 24.1 Å². The maximum Gasteiger partial charge on any atom is 0.410 e. The first kappa shape index (κ1) is 50.7. The Labute approximate surface area is 364 Å². The zero-order chi connectivity index (χ0) is 45.2. The summed E-state index contributed by atoms with van der Waals surface area (Å²) in [4.78, 5) is 73.7. The van der Waals surface area contributed by atoms with Crippen molar-refractivity contribution in [2.45, 2.75) is 136 Å². The molecule has 1 unspecified atom stereocenters. The fraction of sp³-hybridized carbons (Fsp3) is 0.638. The van der Waals surface area contributed by atoms with E-state index in [9.17, 15) is 24.0 Å². The van der Waals surface area contributed by atoms with Crippen molar-refractivity contribution in [1.82, 2.24) is 25.3 Å². The Hall–Kier alpha value is -4.69. The van der Waals surface area contributed by atoms with E-state index in [2.05, 4.69) is 10.6 Å². The summed E-state index contributed by atoms with van der Waals surface area (Å²) in [5.41, 5.74) is 8.25. The molecule has 1 aliphatic heterocycles. The van der Waals surface area contributed by atoms with E-state index in [1.807, 2.05) is 83.7 Å². The van der Waals surface area contributed by atoms with Gasteiger partial charge in [-0.25, -0.2) is 4.79 Å². The lowest BCUT2D eigenvalue weighted by molar-refractivity contribution is -0.147. The van der Waals surface area contributed by atoms with Crippen molar-refractivity contribution in [3.05, 3.63) is 65.7 Å². The van der Waals surface area contributed by atoms with Crippen LogP contribution in [-0.2, 0) is 46.4 Å². The molecule has 0 radical (unpaired) electrons. The van der Waals surface area contributed by atoms with Gasteiger partial charge < -0.3 is 40.4 Å². The molecule has 14 heteroatoms. The Morgan fingerprint density at radius 2 is 1.57 bits per heavy atom. The molecular weight excluding hydrogens is 777 g/mol. The summed E-state index contributed by atoms with van der Waals surface area (Å²) in [6.07, 6.45) is 2.60. The molecular formula is C47H74N6O8. The van der Waals surface area contributed by atoms with Crippen LogP contribution in [-0.4, -0.2) is 122 Å². The summed E-state index contributed by atoms with van der Waals surface area (Å²) < 4.78 is 17.6. The van der Waals surface area contributed by atoms with E-state index in [1.54, 1.807) is 43.4 Å². The first-order chi connectivity index (χ1) is 29.1. The second-order valence-corrected chi connectivity index (χ2v) is 17.0. The number of nitrogens with zero attached hydrogens (tertiary/aromatic N) is 3. The van der Waals surface area contributed by atoms with Gasteiger partial charge in [-0.1, -0.05) is 96.8 Å². The lowest BCUT2D eigenvalue weighted by Gasteiger charge is -2.41. The summed E-state index contributed by atoms with van der Waals surface area (Å²) in [6.45, 7) is 14.3. The van der Waals surface area contributed by atoms with Gasteiger partial charge in [0.1, 0.15) is 12.6 Å². The molecule has 0 bridgehead atoms. The second kappa shape index (κ2) is 25.3. The number of rotatable bonds is 24. The van der Waals surface area contributed by atoms with Gasteiger partial charge in [0.15, 0.2) is 0 Å². The van der Waals surface area contributed by atoms with Crippen LogP contribution in [0, 0.1) is 17.8 Å². The van der Waals surface area contributed by atoms with E-state index in [0.29, 0.717) is 44.5 Å². The van der Waals surface area contributed by atoms with Crippen LogP contribution in [0.4, 0.5) is 10.5 Å². The Morgan fingerprint density at radius 1 is 0.902 bits per heavy atom. The van der Waals surface area contributed by atoms with Crippen molar-refractivity contribution in [3.8, 4) is 0 Å². The molecule has 14 nitrogen and oxygen atoms in total. The van der Waals surface area contributed by atoms with Crippen molar-refractivity contribution in [2.75, 3.05) is 46.6 Å². The highest BCUT2D eigenvalue weighted by Gasteiger charge is 2.42. The molecule has 8 atom stereocenters. The van der Waals surface area contributed by atoms with Crippen LogP contribution in [0.5, 0.6) is 0 Å². The molecule has 3 rings (SSSR count). The Kier molecular flexibility index (Phi) is 21.0. The number of nitrogen functional groups attached to an aromatic ring is 1. The van der Waals surface area contributed by atoms with E-state index in [-0.39, 0.29) is 61.2 Å².